The molecule has 0 spiro atoms. The standard InChI is InChI=1S/C16H22N6O/c1-21(2)16-9-14(19-12-20-16)17-10-13-3-4-15(18-11-13)22-5-7-23-8-6-22/h3-4,9,11-12H,5-8,10H2,1-2H3,(H,17,19,20). The van der Waals surface area contributed by atoms with Crippen molar-refractivity contribution in [1.29, 1.82) is 0 Å². The molecule has 0 atom stereocenters. The minimum Gasteiger partial charge on any atom is -0.378 e. The van der Waals surface area contributed by atoms with Crippen LogP contribution < -0.4 is 15.1 Å². The van der Waals surface area contributed by atoms with E-state index in [9.17, 15) is 0 Å². The molecule has 7 heteroatoms. The molecule has 2 aromatic rings. The fourth-order valence-electron chi connectivity index (χ4n) is 2.38. The molecule has 0 bridgehead atoms. The topological polar surface area (TPSA) is 66.4 Å². The van der Waals surface area contributed by atoms with E-state index in [1.54, 1.807) is 6.33 Å². The van der Waals surface area contributed by atoms with Crippen LogP contribution in [-0.4, -0.2) is 55.4 Å². The van der Waals surface area contributed by atoms with Crippen LogP contribution in [0.3, 0.4) is 0 Å². The number of hydrogen-bond acceptors (Lipinski definition) is 7. The second kappa shape index (κ2) is 7.23. The molecule has 1 saturated heterocycles. The van der Waals surface area contributed by atoms with Crippen LogP contribution in [0.5, 0.6) is 0 Å². The first-order chi connectivity index (χ1) is 11.2. The average Bonchev–Trinajstić information content (AvgIpc) is 2.61. The van der Waals surface area contributed by atoms with Gasteiger partial charge in [-0.25, -0.2) is 15.0 Å². The largest absolute Gasteiger partial charge is 0.378 e. The van der Waals surface area contributed by atoms with Gasteiger partial charge in [0.25, 0.3) is 0 Å². The Morgan fingerprint density at radius 2 is 2.00 bits per heavy atom. The lowest BCUT2D eigenvalue weighted by Crippen LogP contribution is -2.36. The zero-order valence-electron chi connectivity index (χ0n) is 13.6. The van der Waals surface area contributed by atoms with Crippen LogP contribution in [0.1, 0.15) is 5.56 Å². The van der Waals surface area contributed by atoms with Crippen LogP contribution in [0.15, 0.2) is 30.7 Å². The maximum atomic E-state index is 5.36. The van der Waals surface area contributed by atoms with Crippen LogP contribution >= 0.6 is 0 Å². The molecule has 0 aromatic carbocycles. The minimum absolute atomic E-state index is 0.681. The van der Waals surface area contributed by atoms with Crippen LogP contribution in [0.25, 0.3) is 0 Å². The fourth-order valence-corrected chi connectivity index (χ4v) is 2.38. The van der Waals surface area contributed by atoms with Crippen molar-refractivity contribution in [1.82, 2.24) is 15.0 Å². The van der Waals surface area contributed by atoms with Gasteiger partial charge in [-0.2, -0.15) is 0 Å². The summed E-state index contributed by atoms with van der Waals surface area (Å²) >= 11 is 0. The van der Waals surface area contributed by atoms with Gasteiger partial charge in [0.1, 0.15) is 23.8 Å². The van der Waals surface area contributed by atoms with E-state index in [1.165, 1.54) is 0 Å². The van der Waals surface area contributed by atoms with Crippen molar-refractivity contribution in [2.24, 2.45) is 0 Å². The monoisotopic (exact) mass is 314 g/mol. The molecule has 0 amide bonds. The lowest BCUT2D eigenvalue weighted by atomic mass is 10.2. The molecular formula is C16H22N6O. The quantitative estimate of drug-likeness (QED) is 0.894. The Hall–Kier alpha value is -2.41. The molecular weight excluding hydrogens is 292 g/mol. The van der Waals surface area contributed by atoms with Gasteiger partial charge in [-0.1, -0.05) is 6.07 Å². The molecule has 1 N–H and O–H groups in total. The Labute approximate surface area is 136 Å². The molecule has 0 unspecified atom stereocenters. The van der Waals surface area contributed by atoms with E-state index in [4.69, 9.17) is 4.74 Å². The highest BCUT2D eigenvalue weighted by Crippen LogP contribution is 2.15. The average molecular weight is 314 g/mol. The van der Waals surface area contributed by atoms with Crippen LogP contribution in [0.4, 0.5) is 17.5 Å². The molecule has 23 heavy (non-hydrogen) atoms. The molecule has 2 aromatic heterocycles. The van der Waals surface area contributed by atoms with Gasteiger partial charge in [0.2, 0.25) is 0 Å². The highest BCUT2D eigenvalue weighted by atomic mass is 16.5. The number of nitrogens with zero attached hydrogens (tertiary/aromatic N) is 5. The van der Waals surface area contributed by atoms with Gasteiger partial charge in [-0.05, 0) is 11.6 Å². The van der Waals surface area contributed by atoms with Gasteiger partial charge in [0.05, 0.1) is 13.2 Å². The van der Waals surface area contributed by atoms with Gasteiger partial charge >= 0.3 is 0 Å². The van der Waals surface area contributed by atoms with E-state index in [-0.39, 0.29) is 0 Å². The summed E-state index contributed by atoms with van der Waals surface area (Å²) in [6, 6.07) is 6.09. The highest BCUT2D eigenvalue weighted by Gasteiger charge is 2.11. The lowest BCUT2D eigenvalue weighted by molar-refractivity contribution is 0.122. The zero-order valence-corrected chi connectivity index (χ0v) is 13.6. The van der Waals surface area contributed by atoms with Crippen molar-refractivity contribution >= 4 is 17.5 Å². The van der Waals surface area contributed by atoms with Crippen molar-refractivity contribution in [2.45, 2.75) is 6.54 Å². The zero-order chi connectivity index (χ0) is 16.1. The molecule has 0 saturated carbocycles. The molecule has 3 rings (SSSR count). The van der Waals surface area contributed by atoms with Crippen molar-refractivity contribution in [3.05, 3.63) is 36.3 Å². The predicted octanol–water partition coefficient (Wildman–Crippen LogP) is 1.39. The smallest absolute Gasteiger partial charge is 0.133 e. The van der Waals surface area contributed by atoms with Gasteiger partial charge in [-0.3, -0.25) is 0 Å². The molecule has 7 nitrogen and oxygen atoms in total. The number of morpholine rings is 1. The minimum atomic E-state index is 0.681. The van der Waals surface area contributed by atoms with Gasteiger partial charge in [0, 0.05) is 46.0 Å². The van der Waals surface area contributed by atoms with E-state index >= 15 is 0 Å². The molecule has 0 aliphatic carbocycles. The van der Waals surface area contributed by atoms with E-state index in [0.717, 1.165) is 49.3 Å². The normalized spacial score (nSPS) is 14.6. The number of hydrogen-bond donors (Lipinski definition) is 1. The number of ether oxygens (including phenoxy) is 1. The summed E-state index contributed by atoms with van der Waals surface area (Å²) in [4.78, 5) is 17.2. The van der Waals surface area contributed by atoms with Crippen molar-refractivity contribution in [3.63, 3.8) is 0 Å². The number of pyridine rings is 1. The van der Waals surface area contributed by atoms with Gasteiger partial charge in [-0.15, -0.1) is 0 Å². The molecule has 3 heterocycles. The van der Waals surface area contributed by atoms with E-state index in [2.05, 4.69) is 37.3 Å². The maximum Gasteiger partial charge on any atom is 0.133 e. The van der Waals surface area contributed by atoms with Crippen LogP contribution in [0.2, 0.25) is 0 Å². The Morgan fingerprint density at radius 1 is 1.17 bits per heavy atom. The summed E-state index contributed by atoms with van der Waals surface area (Å²) in [5, 5.41) is 3.30. The number of rotatable bonds is 5. The summed E-state index contributed by atoms with van der Waals surface area (Å²) in [5.41, 5.74) is 1.12. The first kappa shape index (κ1) is 15.5. The molecule has 122 valence electrons. The Kier molecular flexibility index (Phi) is 4.87. The number of aromatic nitrogens is 3. The van der Waals surface area contributed by atoms with Gasteiger partial charge < -0.3 is 19.9 Å². The molecule has 1 aliphatic heterocycles. The van der Waals surface area contributed by atoms with Crippen molar-refractivity contribution in [3.8, 4) is 0 Å². The Balaban J connectivity index is 1.59. The van der Waals surface area contributed by atoms with E-state index in [1.807, 2.05) is 31.3 Å². The van der Waals surface area contributed by atoms with E-state index < -0.39 is 0 Å². The molecule has 1 fully saturated rings. The van der Waals surface area contributed by atoms with Crippen LogP contribution in [-0.2, 0) is 11.3 Å². The third-order valence-corrected chi connectivity index (χ3v) is 3.73. The lowest BCUT2D eigenvalue weighted by Gasteiger charge is -2.27. The summed E-state index contributed by atoms with van der Waals surface area (Å²) in [7, 11) is 3.92. The highest BCUT2D eigenvalue weighted by molar-refractivity contribution is 5.48. The molecule has 1 aliphatic rings. The third-order valence-electron chi connectivity index (χ3n) is 3.73. The van der Waals surface area contributed by atoms with Crippen LogP contribution in [0, 0.1) is 0 Å². The van der Waals surface area contributed by atoms with Gasteiger partial charge in [0.15, 0.2) is 0 Å². The third kappa shape index (κ3) is 4.07. The maximum absolute atomic E-state index is 5.36. The summed E-state index contributed by atoms with van der Waals surface area (Å²) < 4.78 is 5.36. The summed E-state index contributed by atoms with van der Waals surface area (Å²) in [5.74, 6) is 2.69. The summed E-state index contributed by atoms with van der Waals surface area (Å²) in [6.45, 7) is 4.03. The SMILES string of the molecule is CN(C)c1cc(NCc2ccc(N3CCOCC3)nc2)ncn1. The number of anilines is 3. The molecule has 0 radical (unpaired) electrons. The first-order valence-electron chi connectivity index (χ1n) is 7.73. The first-order valence-corrected chi connectivity index (χ1v) is 7.73. The predicted molar refractivity (Wildman–Crippen MR) is 91.0 cm³/mol. The summed E-state index contributed by atoms with van der Waals surface area (Å²) in [6.07, 6.45) is 3.48. The van der Waals surface area contributed by atoms with Crippen molar-refractivity contribution < 1.29 is 4.74 Å². The second-order valence-electron chi connectivity index (χ2n) is 5.63. The second-order valence-corrected chi connectivity index (χ2v) is 5.63. The Bertz CT molecular complexity index is 625. The van der Waals surface area contributed by atoms with Crippen molar-refractivity contribution in [2.75, 3.05) is 55.5 Å². The Morgan fingerprint density at radius 3 is 2.70 bits per heavy atom. The fraction of sp³-hybridized carbons (Fsp3) is 0.438. The number of nitrogens with one attached hydrogen (secondary N) is 1. The van der Waals surface area contributed by atoms with E-state index in [0.29, 0.717) is 6.54 Å².